The molecule has 2 rings (SSSR count). The maximum Gasteiger partial charge on any atom is 0.348 e. The Hall–Kier alpha value is -1.20. The molecule has 0 unspecified atom stereocenters. The first-order valence-corrected chi connectivity index (χ1v) is 5.70. The Labute approximate surface area is 98.7 Å². The van der Waals surface area contributed by atoms with Crippen LogP contribution in [0.1, 0.15) is 9.67 Å². The standard InChI is InChI=1S/C10H6BrNO2S/c11-7-8(6-4-2-1-3-5-6)12-15-9(7)10(13)14/h1-5H,(H,13,14). The van der Waals surface area contributed by atoms with Crippen LogP contribution in [0.25, 0.3) is 11.3 Å². The zero-order valence-electron chi connectivity index (χ0n) is 7.48. The minimum Gasteiger partial charge on any atom is -0.477 e. The van der Waals surface area contributed by atoms with Gasteiger partial charge in [0.1, 0.15) is 4.88 Å². The first kappa shape index (κ1) is 10.3. The number of carbonyl (C=O) groups is 1. The van der Waals surface area contributed by atoms with Gasteiger partial charge in [-0.25, -0.2) is 4.79 Å². The second-order valence-corrected chi connectivity index (χ2v) is 4.41. The van der Waals surface area contributed by atoms with E-state index in [1.54, 1.807) is 0 Å². The Morgan fingerprint density at radius 1 is 1.33 bits per heavy atom. The highest BCUT2D eigenvalue weighted by Gasteiger charge is 2.17. The second kappa shape index (κ2) is 4.12. The van der Waals surface area contributed by atoms with E-state index in [0.29, 0.717) is 10.2 Å². The molecule has 1 aromatic heterocycles. The molecule has 3 nitrogen and oxygen atoms in total. The average Bonchev–Trinajstić information content (AvgIpc) is 2.61. The lowest BCUT2D eigenvalue weighted by Gasteiger charge is -1.96. The van der Waals surface area contributed by atoms with E-state index in [0.717, 1.165) is 17.1 Å². The van der Waals surface area contributed by atoms with Gasteiger partial charge in [0, 0.05) is 5.56 Å². The van der Waals surface area contributed by atoms with Gasteiger partial charge in [0.2, 0.25) is 0 Å². The van der Waals surface area contributed by atoms with E-state index in [1.807, 2.05) is 30.3 Å². The zero-order valence-corrected chi connectivity index (χ0v) is 9.88. The van der Waals surface area contributed by atoms with Crippen molar-refractivity contribution in [3.63, 3.8) is 0 Å². The third kappa shape index (κ3) is 1.93. The van der Waals surface area contributed by atoms with Crippen LogP contribution in [0, 0.1) is 0 Å². The predicted molar refractivity (Wildman–Crippen MR) is 62.2 cm³/mol. The molecule has 0 fully saturated rings. The lowest BCUT2D eigenvalue weighted by Crippen LogP contribution is -1.92. The number of carboxylic acids is 1. The number of hydrogen-bond donors (Lipinski definition) is 1. The highest BCUT2D eigenvalue weighted by Crippen LogP contribution is 2.32. The summed E-state index contributed by atoms with van der Waals surface area (Å²) >= 11 is 4.24. The molecular weight excluding hydrogens is 278 g/mol. The van der Waals surface area contributed by atoms with Crippen molar-refractivity contribution in [2.24, 2.45) is 0 Å². The Morgan fingerprint density at radius 2 is 2.00 bits per heavy atom. The summed E-state index contributed by atoms with van der Waals surface area (Å²) in [5, 5.41) is 8.87. The maximum atomic E-state index is 10.8. The lowest BCUT2D eigenvalue weighted by atomic mass is 10.1. The summed E-state index contributed by atoms with van der Waals surface area (Å²) in [6, 6.07) is 9.47. The van der Waals surface area contributed by atoms with Crippen LogP contribution in [-0.2, 0) is 0 Å². The van der Waals surface area contributed by atoms with Crippen LogP contribution >= 0.6 is 27.5 Å². The third-order valence-corrected chi connectivity index (χ3v) is 3.75. The van der Waals surface area contributed by atoms with Crippen LogP contribution in [0.2, 0.25) is 0 Å². The highest BCUT2D eigenvalue weighted by atomic mass is 79.9. The molecule has 0 bridgehead atoms. The molecule has 0 aliphatic carbocycles. The van der Waals surface area contributed by atoms with Gasteiger partial charge in [0.05, 0.1) is 10.2 Å². The Balaban J connectivity index is 2.52. The fraction of sp³-hybridized carbons (Fsp3) is 0. The molecular formula is C10H6BrNO2S. The fourth-order valence-corrected chi connectivity index (χ4v) is 2.64. The van der Waals surface area contributed by atoms with Crippen molar-refractivity contribution in [3.05, 3.63) is 39.7 Å². The van der Waals surface area contributed by atoms with Gasteiger partial charge in [0.25, 0.3) is 0 Å². The lowest BCUT2D eigenvalue weighted by molar-refractivity contribution is 0.0701. The molecule has 15 heavy (non-hydrogen) atoms. The van der Waals surface area contributed by atoms with Gasteiger partial charge in [-0.05, 0) is 27.5 Å². The summed E-state index contributed by atoms with van der Waals surface area (Å²) in [5.74, 6) is -0.957. The molecule has 1 N–H and O–H groups in total. The monoisotopic (exact) mass is 283 g/mol. The van der Waals surface area contributed by atoms with Gasteiger partial charge in [-0.1, -0.05) is 30.3 Å². The van der Waals surface area contributed by atoms with E-state index in [9.17, 15) is 4.79 Å². The van der Waals surface area contributed by atoms with E-state index >= 15 is 0 Å². The van der Waals surface area contributed by atoms with E-state index in [2.05, 4.69) is 20.3 Å². The molecule has 0 spiro atoms. The van der Waals surface area contributed by atoms with Crippen LogP contribution in [0.15, 0.2) is 34.8 Å². The molecule has 0 radical (unpaired) electrons. The van der Waals surface area contributed by atoms with Crippen molar-refractivity contribution in [1.82, 2.24) is 4.37 Å². The van der Waals surface area contributed by atoms with Crippen LogP contribution in [0.5, 0.6) is 0 Å². The fourth-order valence-electron chi connectivity index (χ4n) is 1.19. The SMILES string of the molecule is O=C(O)c1snc(-c2ccccc2)c1Br. The van der Waals surface area contributed by atoms with Gasteiger partial charge in [-0.3, -0.25) is 0 Å². The summed E-state index contributed by atoms with van der Waals surface area (Å²) in [6.45, 7) is 0. The molecule has 0 aliphatic heterocycles. The third-order valence-electron chi connectivity index (χ3n) is 1.88. The van der Waals surface area contributed by atoms with Gasteiger partial charge in [-0.2, -0.15) is 4.37 Å². The van der Waals surface area contributed by atoms with E-state index in [-0.39, 0.29) is 4.88 Å². The topological polar surface area (TPSA) is 50.2 Å². The number of benzene rings is 1. The van der Waals surface area contributed by atoms with Crippen molar-refractivity contribution >= 4 is 33.4 Å². The molecule has 1 aromatic carbocycles. The molecule has 0 aliphatic rings. The number of halogens is 1. The maximum absolute atomic E-state index is 10.8. The number of nitrogens with zero attached hydrogens (tertiary/aromatic N) is 1. The Morgan fingerprint density at radius 3 is 2.53 bits per heavy atom. The highest BCUT2D eigenvalue weighted by molar-refractivity contribution is 9.10. The molecule has 0 atom stereocenters. The van der Waals surface area contributed by atoms with Crippen molar-refractivity contribution in [3.8, 4) is 11.3 Å². The van der Waals surface area contributed by atoms with Gasteiger partial charge in [0.15, 0.2) is 0 Å². The summed E-state index contributed by atoms with van der Waals surface area (Å²) < 4.78 is 4.67. The molecule has 5 heteroatoms. The zero-order chi connectivity index (χ0) is 10.8. The second-order valence-electron chi connectivity index (χ2n) is 2.85. The average molecular weight is 284 g/mol. The summed E-state index contributed by atoms with van der Waals surface area (Å²) in [6.07, 6.45) is 0. The smallest absolute Gasteiger partial charge is 0.348 e. The molecule has 76 valence electrons. The van der Waals surface area contributed by atoms with Gasteiger partial charge in [-0.15, -0.1) is 0 Å². The van der Waals surface area contributed by atoms with Gasteiger partial charge < -0.3 is 5.11 Å². The molecule has 2 aromatic rings. The van der Waals surface area contributed by atoms with Crippen LogP contribution < -0.4 is 0 Å². The predicted octanol–water partition coefficient (Wildman–Crippen LogP) is 3.27. The summed E-state index contributed by atoms with van der Waals surface area (Å²) in [7, 11) is 0. The minimum absolute atomic E-state index is 0.230. The molecule has 0 saturated heterocycles. The van der Waals surface area contributed by atoms with Crippen LogP contribution in [0.3, 0.4) is 0 Å². The molecule has 1 heterocycles. The minimum atomic E-state index is -0.957. The Kier molecular flexibility index (Phi) is 2.83. The van der Waals surface area contributed by atoms with Crippen molar-refractivity contribution < 1.29 is 9.90 Å². The van der Waals surface area contributed by atoms with E-state index < -0.39 is 5.97 Å². The first-order chi connectivity index (χ1) is 7.20. The van der Waals surface area contributed by atoms with Crippen LogP contribution in [0.4, 0.5) is 0 Å². The summed E-state index contributed by atoms with van der Waals surface area (Å²) in [5.41, 5.74) is 1.59. The molecule has 0 amide bonds. The number of carboxylic acid groups (broad SMARTS) is 1. The largest absolute Gasteiger partial charge is 0.477 e. The van der Waals surface area contributed by atoms with Crippen LogP contribution in [-0.4, -0.2) is 15.4 Å². The van der Waals surface area contributed by atoms with Gasteiger partial charge >= 0.3 is 5.97 Å². The van der Waals surface area contributed by atoms with Crippen molar-refractivity contribution in [2.75, 3.05) is 0 Å². The first-order valence-electron chi connectivity index (χ1n) is 4.14. The summed E-state index contributed by atoms with van der Waals surface area (Å²) in [4.78, 5) is 11.0. The number of aromatic nitrogens is 1. The molecule has 0 saturated carbocycles. The van der Waals surface area contributed by atoms with E-state index in [4.69, 9.17) is 5.11 Å². The normalized spacial score (nSPS) is 10.2. The number of hydrogen-bond acceptors (Lipinski definition) is 3. The van der Waals surface area contributed by atoms with Crippen molar-refractivity contribution in [2.45, 2.75) is 0 Å². The number of aromatic carboxylic acids is 1. The van der Waals surface area contributed by atoms with Crippen molar-refractivity contribution in [1.29, 1.82) is 0 Å². The quantitative estimate of drug-likeness (QED) is 0.920. The Bertz CT molecular complexity index is 495. The number of rotatable bonds is 2. The van der Waals surface area contributed by atoms with E-state index in [1.165, 1.54) is 0 Å².